The molecule has 0 aliphatic heterocycles. The van der Waals surface area contributed by atoms with Crippen LogP contribution in [0.1, 0.15) is 42.7 Å². The second-order valence-corrected chi connectivity index (χ2v) is 12.2. The molecular weight excluding hydrogens is 671 g/mol. The summed E-state index contributed by atoms with van der Waals surface area (Å²) in [5.74, 6) is -1.38. The van der Waals surface area contributed by atoms with Crippen LogP contribution < -0.4 is 4.74 Å². The summed E-state index contributed by atoms with van der Waals surface area (Å²) >= 11 is 0. The number of ether oxygens (including phenoxy) is 1. The lowest BCUT2D eigenvalue weighted by Gasteiger charge is -2.15. The molecule has 0 bridgehead atoms. The Hall–Kier alpha value is -4.54. The third-order valence-electron chi connectivity index (χ3n) is 7.18. The number of aromatic nitrogens is 3. The molecule has 2 aromatic heterocycles. The van der Waals surface area contributed by atoms with Gasteiger partial charge in [-0.15, -0.1) is 13.2 Å². The van der Waals surface area contributed by atoms with Gasteiger partial charge in [-0.2, -0.15) is 13.2 Å². The van der Waals surface area contributed by atoms with E-state index in [0.29, 0.717) is 11.1 Å². The topological polar surface area (TPSA) is 99.6 Å². The Morgan fingerprint density at radius 1 is 0.958 bits per heavy atom. The molecule has 1 unspecified atom stereocenters. The van der Waals surface area contributed by atoms with Gasteiger partial charge >= 0.3 is 12.5 Å². The van der Waals surface area contributed by atoms with Crippen LogP contribution in [0.25, 0.3) is 39.4 Å². The van der Waals surface area contributed by atoms with Crippen LogP contribution >= 0.6 is 0 Å². The van der Waals surface area contributed by atoms with E-state index in [1.807, 2.05) is 0 Å². The Bertz CT molecular complexity index is 1980. The third-order valence-corrected chi connectivity index (χ3v) is 8.16. The maximum Gasteiger partial charge on any atom is 0.573 e. The maximum atomic E-state index is 15.2. The summed E-state index contributed by atoms with van der Waals surface area (Å²) in [5, 5.41) is 8.92. The first-order valence-corrected chi connectivity index (χ1v) is 15.6. The van der Waals surface area contributed by atoms with E-state index in [1.165, 1.54) is 54.1 Å². The Morgan fingerprint density at radius 3 is 2.19 bits per heavy atom. The van der Waals surface area contributed by atoms with Gasteiger partial charge in [-0.05, 0) is 66.6 Å². The molecule has 0 saturated carbocycles. The molecule has 1 N–H and O–H groups in total. The average Bonchev–Trinajstić information content (AvgIpc) is 3.62. The van der Waals surface area contributed by atoms with Crippen LogP contribution in [0.15, 0.2) is 70.1 Å². The number of halogens is 7. The highest BCUT2D eigenvalue weighted by Gasteiger charge is 2.35. The standard InChI is InChI=1S/C32H26F7N3O5S/c1-16(2)30-41-28(18-5-8-21(9-6-18)47-32(37,38)39)29(46-30)22-11-19(20-12-24(33)23(15-45-43)26(13-20)48(4)44)7-10-25(22)42-14-27(31(34,35)36)40-17(42)3/h5-14,16,43H,15H2,1-4H3. The lowest BCUT2D eigenvalue weighted by atomic mass is 9.97. The molecule has 0 amide bonds. The lowest BCUT2D eigenvalue weighted by molar-refractivity contribution is -0.274. The number of alkyl halides is 6. The fourth-order valence-corrected chi connectivity index (χ4v) is 5.77. The first-order chi connectivity index (χ1) is 22.5. The van der Waals surface area contributed by atoms with Gasteiger partial charge in [0.05, 0.1) is 16.5 Å². The molecule has 0 aliphatic carbocycles. The summed E-state index contributed by atoms with van der Waals surface area (Å²) in [5.41, 5.74) is 0.0494. The first kappa shape index (κ1) is 34.8. The lowest BCUT2D eigenvalue weighted by Crippen LogP contribution is -2.16. The molecule has 254 valence electrons. The molecule has 0 saturated heterocycles. The predicted octanol–water partition coefficient (Wildman–Crippen LogP) is 9.08. The van der Waals surface area contributed by atoms with E-state index < -0.39 is 47.2 Å². The van der Waals surface area contributed by atoms with Crippen molar-refractivity contribution in [2.45, 2.75) is 50.7 Å². The monoisotopic (exact) mass is 697 g/mol. The van der Waals surface area contributed by atoms with Crippen LogP contribution in [0.3, 0.4) is 0 Å². The number of nitrogens with zero attached hydrogens (tertiary/aromatic N) is 3. The first-order valence-electron chi connectivity index (χ1n) is 14.0. The molecule has 48 heavy (non-hydrogen) atoms. The number of hydrogen-bond acceptors (Lipinski definition) is 7. The van der Waals surface area contributed by atoms with Gasteiger partial charge in [-0.25, -0.2) is 19.2 Å². The van der Waals surface area contributed by atoms with Crippen molar-refractivity contribution in [1.29, 1.82) is 0 Å². The van der Waals surface area contributed by atoms with Crippen LogP contribution in [0, 0.1) is 12.7 Å². The Morgan fingerprint density at radius 2 is 1.62 bits per heavy atom. The highest BCUT2D eigenvalue weighted by Crippen LogP contribution is 2.42. The molecule has 0 spiro atoms. The van der Waals surface area contributed by atoms with E-state index in [0.717, 1.165) is 24.4 Å². The van der Waals surface area contributed by atoms with Gasteiger partial charge in [0.2, 0.25) is 0 Å². The fourth-order valence-electron chi connectivity index (χ4n) is 4.98. The summed E-state index contributed by atoms with van der Waals surface area (Å²) in [7, 11) is -1.72. The zero-order chi connectivity index (χ0) is 35.1. The molecule has 5 rings (SSSR count). The zero-order valence-electron chi connectivity index (χ0n) is 25.5. The SMILES string of the molecule is Cc1nc(C(F)(F)F)cn1-c1ccc(-c2cc(F)c(COO)c(S(C)=O)c2)cc1-c1oc(C(C)C)nc1-c1ccc(OC(F)(F)F)cc1. The van der Waals surface area contributed by atoms with Gasteiger partial charge < -0.3 is 13.7 Å². The van der Waals surface area contributed by atoms with Crippen LogP contribution in [0.4, 0.5) is 30.7 Å². The summed E-state index contributed by atoms with van der Waals surface area (Å²) < 4.78 is 119. The summed E-state index contributed by atoms with van der Waals surface area (Å²) in [6.45, 7) is 4.35. The van der Waals surface area contributed by atoms with E-state index in [9.17, 15) is 30.6 Å². The van der Waals surface area contributed by atoms with Gasteiger partial charge in [-0.1, -0.05) is 19.9 Å². The van der Waals surface area contributed by atoms with Crippen molar-refractivity contribution >= 4 is 10.8 Å². The van der Waals surface area contributed by atoms with Crippen molar-refractivity contribution in [2.75, 3.05) is 6.26 Å². The van der Waals surface area contributed by atoms with E-state index in [-0.39, 0.29) is 56.4 Å². The van der Waals surface area contributed by atoms with Crippen LogP contribution in [-0.4, -0.2) is 36.6 Å². The van der Waals surface area contributed by atoms with Crippen LogP contribution in [-0.2, 0) is 28.5 Å². The Kier molecular flexibility index (Phi) is 9.54. The smallest absolute Gasteiger partial charge is 0.440 e. The number of benzene rings is 3. The molecule has 1 atom stereocenters. The van der Waals surface area contributed by atoms with Gasteiger partial charge in [0.1, 0.15) is 29.7 Å². The highest BCUT2D eigenvalue weighted by atomic mass is 32.2. The molecule has 0 radical (unpaired) electrons. The van der Waals surface area contributed by atoms with Crippen LogP contribution in [0.5, 0.6) is 5.75 Å². The number of aryl methyl sites for hydroxylation is 1. The van der Waals surface area contributed by atoms with Gasteiger partial charge in [-0.3, -0.25) is 9.47 Å². The maximum absolute atomic E-state index is 15.2. The summed E-state index contributed by atoms with van der Waals surface area (Å²) in [6.07, 6.45) is -7.57. The van der Waals surface area contributed by atoms with Crippen molar-refractivity contribution in [3.63, 3.8) is 0 Å². The number of hydrogen-bond donors (Lipinski definition) is 1. The second-order valence-electron chi connectivity index (χ2n) is 10.9. The minimum Gasteiger partial charge on any atom is -0.440 e. The van der Waals surface area contributed by atoms with E-state index in [4.69, 9.17) is 9.67 Å². The summed E-state index contributed by atoms with van der Waals surface area (Å²) in [4.78, 5) is 12.4. The van der Waals surface area contributed by atoms with Crippen molar-refractivity contribution in [2.24, 2.45) is 0 Å². The molecule has 0 aliphatic rings. The van der Waals surface area contributed by atoms with E-state index in [1.54, 1.807) is 13.8 Å². The molecule has 5 aromatic rings. The van der Waals surface area contributed by atoms with Crippen LogP contribution in [0.2, 0.25) is 0 Å². The normalized spacial score (nSPS) is 12.9. The second kappa shape index (κ2) is 13.2. The van der Waals surface area contributed by atoms with Crippen molar-refractivity contribution in [1.82, 2.24) is 14.5 Å². The number of oxazole rings is 1. The van der Waals surface area contributed by atoms with Gasteiger partial charge in [0.25, 0.3) is 0 Å². The number of rotatable bonds is 9. The molecule has 16 heteroatoms. The Labute approximate surface area is 271 Å². The minimum atomic E-state index is -4.92. The molecule has 2 heterocycles. The zero-order valence-corrected chi connectivity index (χ0v) is 26.4. The number of imidazole rings is 1. The Balaban J connectivity index is 1.77. The van der Waals surface area contributed by atoms with Gasteiger partial charge in [0, 0.05) is 40.0 Å². The average molecular weight is 698 g/mol. The van der Waals surface area contributed by atoms with Crippen molar-refractivity contribution in [3.05, 3.63) is 89.6 Å². The molecular formula is C32H26F7N3O5S. The molecule has 3 aromatic carbocycles. The van der Waals surface area contributed by atoms with E-state index >= 15 is 4.39 Å². The predicted molar refractivity (Wildman–Crippen MR) is 160 cm³/mol. The van der Waals surface area contributed by atoms with Gasteiger partial charge in [0.15, 0.2) is 17.3 Å². The fraction of sp³-hybridized carbons (Fsp3) is 0.250. The summed E-state index contributed by atoms with van der Waals surface area (Å²) in [6, 6.07) is 11.8. The third kappa shape index (κ3) is 7.29. The largest absolute Gasteiger partial charge is 0.573 e. The highest BCUT2D eigenvalue weighted by molar-refractivity contribution is 7.84. The van der Waals surface area contributed by atoms with Crippen molar-refractivity contribution < 1.29 is 54.2 Å². The minimum absolute atomic E-state index is 0.0295. The van der Waals surface area contributed by atoms with E-state index in [2.05, 4.69) is 19.6 Å². The molecule has 8 nitrogen and oxygen atoms in total. The van der Waals surface area contributed by atoms with Crippen molar-refractivity contribution in [3.8, 4) is 45.1 Å². The quantitative estimate of drug-likeness (QED) is 0.0932. The molecule has 0 fully saturated rings.